The third-order valence-corrected chi connectivity index (χ3v) is 4.90. The molecule has 0 spiro atoms. The van der Waals surface area contributed by atoms with Crippen molar-refractivity contribution in [3.63, 3.8) is 0 Å². The number of halogens is 2. The molecule has 0 aliphatic carbocycles. The van der Waals surface area contributed by atoms with E-state index in [1.807, 2.05) is 11.9 Å². The highest BCUT2D eigenvalue weighted by Crippen LogP contribution is 2.26. The minimum atomic E-state index is -0.345. The van der Waals surface area contributed by atoms with E-state index in [1.54, 1.807) is 42.5 Å². The molecule has 0 aromatic heterocycles. The molecular formula is C19H19Cl2N3O2. The molecule has 0 atom stereocenters. The molecule has 2 aromatic carbocycles. The summed E-state index contributed by atoms with van der Waals surface area (Å²) in [6.45, 7) is 3.06. The summed E-state index contributed by atoms with van der Waals surface area (Å²) in [7, 11) is 2.04. The van der Waals surface area contributed by atoms with Gasteiger partial charge in [0.05, 0.1) is 10.7 Å². The topological polar surface area (TPSA) is 52.7 Å². The van der Waals surface area contributed by atoms with Crippen LogP contribution in [0, 0.1) is 0 Å². The summed E-state index contributed by atoms with van der Waals surface area (Å²) in [5.41, 5.74) is 1.32. The molecule has 0 unspecified atom stereocenters. The number of rotatable bonds is 3. The molecule has 2 aromatic rings. The summed E-state index contributed by atoms with van der Waals surface area (Å²) < 4.78 is 0. The maximum absolute atomic E-state index is 12.7. The molecule has 0 radical (unpaired) electrons. The molecule has 5 nitrogen and oxygen atoms in total. The van der Waals surface area contributed by atoms with Crippen molar-refractivity contribution in [2.75, 3.05) is 38.5 Å². The number of anilines is 1. The van der Waals surface area contributed by atoms with Crippen LogP contribution in [-0.4, -0.2) is 54.8 Å². The van der Waals surface area contributed by atoms with Crippen LogP contribution in [0.4, 0.5) is 5.69 Å². The lowest BCUT2D eigenvalue weighted by Gasteiger charge is -2.32. The van der Waals surface area contributed by atoms with E-state index in [-0.39, 0.29) is 11.8 Å². The van der Waals surface area contributed by atoms with Crippen molar-refractivity contribution in [2.45, 2.75) is 0 Å². The third kappa shape index (κ3) is 4.36. The van der Waals surface area contributed by atoms with Crippen LogP contribution in [0.5, 0.6) is 0 Å². The van der Waals surface area contributed by atoms with Crippen molar-refractivity contribution in [1.82, 2.24) is 9.80 Å². The summed E-state index contributed by atoms with van der Waals surface area (Å²) in [6, 6.07) is 11.5. The lowest BCUT2D eigenvalue weighted by molar-refractivity contribution is 0.0664. The van der Waals surface area contributed by atoms with E-state index in [0.29, 0.717) is 39.9 Å². The molecular weight excluding hydrogens is 373 g/mol. The van der Waals surface area contributed by atoms with Crippen molar-refractivity contribution in [3.8, 4) is 0 Å². The summed E-state index contributed by atoms with van der Waals surface area (Å²) in [5, 5.41) is 3.60. The maximum Gasteiger partial charge on any atom is 0.255 e. The van der Waals surface area contributed by atoms with Gasteiger partial charge in [-0.05, 0) is 43.4 Å². The average molecular weight is 392 g/mol. The molecule has 0 bridgehead atoms. The van der Waals surface area contributed by atoms with E-state index < -0.39 is 0 Å². The fraction of sp³-hybridized carbons (Fsp3) is 0.263. The Bertz CT molecular complexity index is 833. The number of nitrogens with zero attached hydrogens (tertiary/aromatic N) is 2. The Labute approximate surface area is 162 Å². The van der Waals surface area contributed by atoms with Crippen molar-refractivity contribution >= 4 is 40.7 Å². The zero-order valence-corrected chi connectivity index (χ0v) is 15.8. The molecule has 1 aliphatic rings. The second-order valence-electron chi connectivity index (χ2n) is 6.25. The van der Waals surface area contributed by atoms with Crippen molar-refractivity contribution < 1.29 is 9.59 Å². The van der Waals surface area contributed by atoms with Gasteiger partial charge in [0, 0.05) is 42.3 Å². The van der Waals surface area contributed by atoms with Gasteiger partial charge in [0.2, 0.25) is 0 Å². The van der Waals surface area contributed by atoms with E-state index in [2.05, 4.69) is 10.2 Å². The first-order valence-corrected chi connectivity index (χ1v) is 9.04. The molecule has 0 saturated carbocycles. The first-order chi connectivity index (χ1) is 12.4. The molecule has 26 heavy (non-hydrogen) atoms. The van der Waals surface area contributed by atoms with E-state index in [0.717, 1.165) is 13.1 Å². The zero-order valence-electron chi connectivity index (χ0n) is 14.3. The number of carbonyl (C=O) groups is 2. The average Bonchev–Trinajstić information content (AvgIpc) is 2.65. The van der Waals surface area contributed by atoms with Gasteiger partial charge in [-0.2, -0.15) is 0 Å². The van der Waals surface area contributed by atoms with Gasteiger partial charge in [-0.3, -0.25) is 9.59 Å². The number of nitrogens with one attached hydrogen (secondary N) is 1. The Kier molecular flexibility index (Phi) is 5.81. The maximum atomic E-state index is 12.7. The summed E-state index contributed by atoms with van der Waals surface area (Å²) >= 11 is 12.0. The van der Waals surface area contributed by atoms with Gasteiger partial charge < -0.3 is 15.1 Å². The van der Waals surface area contributed by atoms with Crippen LogP contribution in [0.3, 0.4) is 0 Å². The van der Waals surface area contributed by atoms with Crippen molar-refractivity contribution in [2.24, 2.45) is 0 Å². The highest BCUT2D eigenvalue weighted by Gasteiger charge is 2.21. The number of piperazine rings is 1. The number of hydrogen-bond acceptors (Lipinski definition) is 3. The van der Waals surface area contributed by atoms with Crippen LogP contribution >= 0.6 is 23.2 Å². The zero-order chi connectivity index (χ0) is 18.7. The smallest absolute Gasteiger partial charge is 0.255 e. The fourth-order valence-corrected chi connectivity index (χ4v) is 3.11. The lowest BCUT2D eigenvalue weighted by atomic mass is 10.1. The Morgan fingerprint density at radius 3 is 2.38 bits per heavy atom. The number of hydrogen-bond donors (Lipinski definition) is 1. The van der Waals surface area contributed by atoms with Gasteiger partial charge >= 0.3 is 0 Å². The highest BCUT2D eigenvalue weighted by molar-refractivity contribution is 6.35. The Morgan fingerprint density at radius 2 is 1.65 bits per heavy atom. The molecule has 3 rings (SSSR count). The fourth-order valence-electron chi connectivity index (χ4n) is 2.77. The van der Waals surface area contributed by atoms with Crippen molar-refractivity contribution in [1.29, 1.82) is 0 Å². The van der Waals surface area contributed by atoms with Crippen LogP contribution in [0.2, 0.25) is 10.0 Å². The normalized spacial score (nSPS) is 15.0. The number of likely N-dealkylation sites (N-methyl/N-ethyl adjacent to an activating group) is 1. The Hall–Kier alpha value is -2.08. The predicted octanol–water partition coefficient (Wildman–Crippen LogP) is 3.63. The number of amides is 2. The Balaban J connectivity index is 1.75. The van der Waals surface area contributed by atoms with Crippen LogP contribution in [0.15, 0.2) is 42.5 Å². The molecule has 136 valence electrons. The van der Waals surface area contributed by atoms with Gasteiger partial charge in [0.1, 0.15) is 0 Å². The third-order valence-electron chi connectivity index (χ3n) is 4.34. The van der Waals surface area contributed by atoms with E-state index >= 15 is 0 Å². The molecule has 1 saturated heterocycles. The largest absolute Gasteiger partial charge is 0.336 e. The van der Waals surface area contributed by atoms with Gasteiger partial charge in [0.15, 0.2) is 0 Å². The monoisotopic (exact) mass is 391 g/mol. The first-order valence-electron chi connectivity index (χ1n) is 8.28. The molecule has 1 fully saturated rings. The van der Waals surface area contributed by atoms with E-state index in [9.17, 15) is 9.59 Å². The van der Waals surface area contributed by atoms with E-state index in [4.69, 9.17) is 23.2 Å². The standard InChI is InChI=1S/C19H19Cl2N3O2/c1-23-7-9-24(10-8-23)19(26)14-4-2-3-13(11-14)18(25)22-17-12-15(20)5-6-16(17)21/h2-6,11-12H,7-10H2,1H3,(H,22,25). The number of benzene rings is 2. The lowest BCUT2D eigenvalue weighted by Crippen LogP contribution is -2.47. The van der Waals surface area contributed by atoms with Crippen LogP contribution in [0.25, 0.3) is 0 Å². The van der Waals surface area contributed by atoms with Gasteiger partial charge in [-0.1, -0.05) is 29.3 Å². The van der Waals surface area contributed by atoms with Gasteiger partial charge in [0.25, 0.3) is 11.8 Å². The SMILES string of the molecule is CN1CCN(C(=O)c2cccc(C(=O)Nc3cc(Cl)ccc3Cl)c2)CC1. The Morgan fingerprint density at radius 1 is 0.962 bits per heavy atom. The second-order valence-corrected chi connectivity index (χ2v) is 7.10. The quantitative estimate of drug-likeness (QED) is 0.868. The summed E-state index contributed by atoms with van der Waals surface area (Å²) in [6.07, 6.45) is 0. The van der Waals surface area contributed by atoms with Crippen LogP contribution < -0.4 is 5.32 Å². The molecule has 2 amide bonds. The van der Waals surface area contributed by atoms with Gasteiger partial charge in [-0.15, -0.1) is 0 Å². The summed E-state index contributed by atoms with van der Waals surface area (Å²) in [4.78, 5) is 29.2. The van der Waals surface area contributed by atoms with Crippen LogP contribution in [-0.2, 0) is 0 Å². The predicted molar refractivity (Wildman–Crippen MR) is 104 cm³/mol. The molecule has 1 N–H and O–H groups in total. The molecule has 7 heteroatoms. The van der Waals surface area contributed by atoms with E-state index in [1.165, 1.54) is 0 Å². The number of carbonyl (C=O) groups excluding carboxylic acids is 2. The highest BCUT2D eigenvalue weighted by atomic mass is 35.5. The minimum absolute atomic E-state index is 0.0615. The van der Waals surface area contributed by atoms with Crippen molar-refractivity contribution in [3.05, 3.63) is 63.6 Å². The summed E-state index contributed by atoms with van der Waals surface area (Å²) in [5.74, 6) is -0.407. The second kappa shape index (κ2) is 8.08. The molecule has 1 heterocycles. The van der Waals surface area contributed by atoms with Crippen LogP contribution in [0.1, 0.15) is 20.7 Å². The first kappa shape index (κ1) is 18.7. The minimum Gasteiger partial charge on any atom is -0.336 e. The van der Waals surface area contributed by atoms with Gasteiger partial charge in [-0.25, -0.2) is 0 Å². The molecule has 1 aliphatic heterocycles.